The molecule has 0 saturated carbocycles. The van der Waals surface area contributed by atoms with Crippen LogP contribution in [0.5, 0.6) is 5.75 Å². The average molecular weight is 260 g/mol. The zero-order valence-electron chi connectivity index (χ0n) is 7.49. The fraction of sp³-hybridized carbons (Fsp3) is 0.222. The van der Waals surface area contributed by atoms with E-state index in [9.17, 15) is 9.90 Å². The van der Waals surface area contributed by atoms with E-state index in [1.165, 1.54) is 12.1 Å². The summed E-state index contributed by atoms with van der Waals surface area (Å²) >= 11 is 3.24. The first-order valence-corrected chi connectivity index (χ1v) is 4.70. The number of nitrogens with two attached hydrogens (primary N) is 1. The number of halogens is 1. The predicted octanol–water partition coefficient (Wildman–Crippen LogP) is 1.55. The Morgan fingerprint density at radius 2 is 2.14 bits per heavy atom. The van der Waals surface area contributed by atoms with Crippen molar-refractivity contribution in [2.75, 3.05) is 0 Å². The molecule has 0 unspecified atom stereocenters. The topological polar surface area (TPSA) is 83.5 Å². The zero-order valence-corrected chi connectivity index (χ0v) is 9.08. The second-order valence-electron chi connectivity index (χ2n) is 2.98. The van der Waals surface area contributed by atoms with E-state index < -0.39 is 12.0 Å². The minimum atomic E-state index is -1.20. The number of phenolic OH excluding ortho intramolecular Hbond substituents is 1. The first-order valence-electron chi connectivity index (χ1n) is 3.91. The number of carboxylic acids is 1. The number of aliphatic carboxylic acids is 1. The predicted molar refractivity (Wildman–Crippen MR) is 55.1 cm³/mol. The van der Waals surface area contributed by atoms with Crippen LogP contribution in [0.4, 0.5) is 0 Å². The molecule has 76 valence electrons. The summed E-state index contributed by atoms with van der Waals surface area (Å²) < 4.78 is 0.724. The Bertz CT molecular complexity index is 379. The minimum Gasteiger partial charge on any atom is -0.508 e. The molecule has 0 aliphatic heterocycles. The van der Waals surface area contributed by atoms with Crippen molar-refractivity contribution in [3.8, 4) is 5.75 Å². The number of hydrogen-bond donors (Lipinski definition) is 3. The van der Waals surface area contributed by atoms with Gasteiger partial charge in [0.15, 0.2) is 0 Å². The van der Waals surface area contributed by atoms with Crippen molar-refractivity contribution < 1.29 is 15.0 Å². The van der Waals surface area contributed by atoms with Crippen LogP contribution >= 0.6 is 15.9 Å². The van der Waals surface area contributed by atoms with Gasteiger partial charge in [-0.3, -0.25) is 4.79 Å². The van der Waals surface area contributed by atoms with Gasteiger partial charge in [-0.2, -0.15) is 0 Å². The fourth-order valence-corrected chi connectivity index (χ4v) is 1.42. The van der Waals surface area contributed by atoms with Crippen molar-refractivity contribution in [3.05, 3.63) is 27.7 Å². The lowest BCUT2D eigenvalue weighted by molar-refractivity contribution is -0.138. The zero-order chi connectivity index (χ0) is 10.9. The van der Waals surface area contributed by atoms with E-state index in [0.29, 0.717) is 0 Å². The summed E-state index contributed by atoms with van der Waals surface area (Å²) in [7, 11) is 0. The van der Waals surface area contributed by atoms with Crippen LogP contribution in [0.1, 0.15) is 17.2 Å². The smallest absolute Gasteiger partial charge is 0.325 e. The molecule has 14 heavy (non-hydrogen) atoms. The number of rotatable bonds is 2. The summed E-state index contributed by atoms with van der Waals surface area (Å²) in [5.74, 6) is -1.27. The second kappa shape index (κ2) is 3.98. The highest BCUT2D eigenvalue weighted by molar-refractivity contribution is 9.10. The summed E-state index contributed by atoms with van der Waals surface area (Å²) in [6, 6.07) is 1.79. The second-order valence-corrected chi connectivity index (χ2v) is 3.83. The van der Waals surface area contributed by atoms with Gasteiger partial charge in [0.2, 0.25) is 0 Å². The van der Waals surface area contributed by atoms with Crippen molar-refractivity contribution in [3.63, 3.8) is 0 Å². The van der Waals surface area contributed by atoms with Crippen molar-refractivity contribution in [1.29, 1.82) is 0 Å². The molecule has 0 bridgehead atoms. The van der Waals surface area contributed by atoms with Crippen LogP contribution < -0.4 is 5.73 Å². The highest BCUT2D eigenvalue weighted by atomic mass is 79.9. The monoisotopic (exact) mass is 259 g/mol. The third-order valence-corrected chi connectivity index (χ3v) is 2.76. The molecule has 5 heteroatoms. The van der Waals surface area contributed by atoms with Gasteiger partial charge >= 0.3 is 5.97 Å². The van der Waals surface area contributed by atoms with E-state index in [1.807, 2.05) is 0 Å². The maximum atomic E-state index is 10.6. The lowest BCUT2D eigenvalue weighted by Crippen LogP contribution is -2.20. The standard InChI is InChI=1S/C9H10BrNO3/c1-4-2-7(12)5(3-6(4)10)8(11)9(13)14/h2-3,8,12H,11H2,1H3,(H,13,14)/t8-/m1/s1. The molecule has 1 atom stereocenters. The molecule has 0 aliphatic rings. The van der Waals surface area contributed by atoms with E-state index in [2.05, 4.69) is 15.9 Å². The van der Waals surface area contributed by atoms with Gasteiger partial charge in [-0.1, -0.05) is 15.9 Å². The SMILES string of the molecule is Cc1cc(O)c([C@@H](N)C(=O)O)cc1Br. The third kappa shape index (κ3) is 2.05. The lowest BCUT2D eigenvalue weighted by Gasteiger charge is -2.10. The van der Waals surface area contributed by atoms with Gasteiger partial charge in [-0.05, 0) is 24.6 Å². The number of aryl methyl sites for hydroxylation is 1. The Morgan fingerprint density at radius 3 is 2.64 bits per heavy atom. The van der Waals surface area contributed by atoms with Crippen molar-refractivity contribution in [2.24, 2.45) is 5.73 Å². The van der Waals surface area contributed by atoms with Crippen molar-refractivity contribution in [1.82, 2.24) is 0 Å². The van der Waals surface area contributed by atoms with Crippen LogP contribution in [0.2, 0.25) is 0 Å². The maximum Gasteiger partial charge on any atom is 0.325 e. The van der Waals surface area contributed by atoms with Gasteiger partial charge in [0.1, 0.15) is 11.8 Å². The molecule has 4 nitrogen and oxygen atoms in total. The van der Waals surface area contributed by atoms with E-state index in [-0.39, 0.29) is 11.3 Å². The minimum absolute atomic E-state index is 0.0967. The molecule has 1 rings (SSSR count). The Labute approximate surface area is 89.5 Å². The number of carbonyl (C=O) groups is 1. The van der Waals surface area contributed by atoms with E-state index in [1.54, 1.807) is 6.92 Å². The lowest BCUT2D eigenvalue weighted by atomic mass is 10.0. The Balaban J connectivity index is 3.22. The molecule has 0 amide bonds. The van der Waals surface area contributed by atoms with Gasteiger partial charge in [-0.25, -0.2) is 0 Å². The molecule has 0 saturated heterocycles. The number of hydrogen-bond acceptors (Lipinski definition) is 3. The molecule has 0 radical (unpaired) electrons. The molecule has 1 aromatic carbocycles. The summed E-state index contributed by atoms with van der Waals surface area (Å²) in [5, 5.41) is 18.1. The maximum absolute atomic E-state index is 10.6. The molecular formula is C9H10BrNO3. The molecule has 0 aromatic heterocycles. The molecule has 4 N–H and O–H groups in total. The number of benzene rings is 1. The van der Waals surface area contributed by atoms with E-state index >= 15 is 0 Å². The first-order chi connectivity index (χ1) is 6.43. The molecule has 0 heterocycles. The Hall–Kier alpha value is -1.07. The van der Waals surface area contributed by atoms with Crippen LogP contribution in [0, 0.1) is 6.92 Å². The van der Waals surface area contributed by atoms with Crippen LogP contribution in [-0.2, 0) is 4.79 Å². The summed E-state index contributed by atoms with van der Waals surface area (Å²) in [6.07, 6.45) is 0. The van der Waals surface area contributed by atoms with Crippen LogP contribution in [-0.4, -0.2) is 16.2 Å². The van der Waals surface area contributed by atoms with Gasteiger partial charge in [0.05, 0.1) is 0 Å². The molecule has 0 aliphatic carbocycles. The molecule has 0 spiro atoms. The highest BCUT2D eigenvalue weighted by Crippen LogP contribution is 2.29. The Kier molecular flexibility index (Phi) is 3.13. The molecule has 0 fully saturated rings. The Morgan fingerprint density at radius 1 is 1.57 bits per heavy atom. The van der Waals surface area contributed by atoms with E-state index in [0.717, 1.165) is 10.0 Å². The van der Waals surface area contributed by atoms with Crippen LogP contribution in [0.3, 0.4) is 0 Å². The third-order valence-electron chi connectivity index (χ3n) is 1.91. The van der Waals surface area contributed by atoms with E-state index in [4.69, 9.17) is 10.8 Å². The normalized spacial score (nSPS) is 12.5. The number of phenols is 1. The summed E-state index contributed by atoms with van der Waals surface area (Å²) in [5.41, 5.74) is 6.40. The van der Waals surface area contributed by atoms with Crippen molar-refractivity contribution >= 4 is 21.9 Å². The summed E-state index contributed by atoms with van der Waals surface area (Å²) in [4.78, 5) is 10.6. The largest absolute Gasteiger partial charge is 0.508 e. The first kappa shape index (κ1) is 11.0. The number of aromatic hydroxyl groups is 1. The van der Waals surface area contributed by atoms with Gasteiger partial charge in [0.25, 0.3) is 0 Å². The van der Waals surface area contributed by atoms with Crippen LogP contribution in [0.25, 0.3) is 0 Å². The van der Waals surface area contributed by atoms with Gasteiger partial charge in [-0.15, -0.1) is 0 Å². The molecular weight excluding hydrogens is 250 g/mol. The average Bonchev–Trinajstić information content (AvgIpc) is 2.10. The van der Waals surface area contributed by atoms with Crippen molar-refractivity contribution in [2.45, 2.75) is 13.0 Å². The summed E-state index contributed by atoms with van der Waals surface area (Å²) in [6.45, 7) is 1.79. The number of carboxylic acid groups (broad SMARTS) is 1. The highest BCUT2D eigenvalue weighted by Gasteiger charge is 2.18. The van der Waals surface area contributed by atoms with Gasteiger partial charge < -0.3 is 15.9 Å². The fourth-order valence-electron chi connectivity index (χ4n) is 1.06. The van der Waals surface area contributed by atoms with Gasteiger partial charge in [0, 0.05) is 10.0 Å². The quantitative estimate of drug-likeness (QED) is 0.753. The van der Waals surface area contributed by atoms with Crippen LogP contribution in [0.15, 0.2) is 16.6 Å². The molecule has 1 aromatic rings.